The molecule has 6 heteroatoms. The normalized spacial score (nSPS) is 10.5. The lowest BCUT2D eigenvalue weighted by molar-refractivity contribution is 0.173. The Morgan fingerprint density at radius 3 is 2.93 bits per heavy atom. The lowest BCUT2D eigenvalue weighted by Gasteiger charge is -1.99. The number of carbonyl (C=O) groups excluding carboxylic acids is 1. The van der Waals surface area contributed by atoms with Crippen LogP contribution < -0.4 is 4.87 Å². The molecule has 0 unspecified atom stereocenters. The topological polar surface area (TPSA) is 48.3 Å². The number of ether oxygens (including phenoxy) is 1. The van der Waals surface area contributed by atoms with Crippen LogP contribution in [0, 0.1) is 0 Å². The van der Waals surface area contributed by atoms with Gasteiger partial charge in [-0.25, -0.2) is 9.36 Å². The zero-order chi connectivity index (χ0) is 11.0. The van der Waals surface area contributed by atoms with Gasteiger partial charge in [-0.3, -0.25) is 4.79 Å². The van der Waals surface area contributed by atoms with Gasteiger partial charge in [-0.15, -0.1) is 0 Å². The van der Waals surface area contributed by atoms with Crippen molar-refractivity contribution < 1.29 is 9.53 Å². The van der Waals surface area contributed by atoms with Gasteiger partial charge in [-0.2, -0.15) is 0 Å². The van der Waals surface area contributed by atoms with Gasteiger partial charge in [0.05, 0.1) is 17.3 Å². The fourth-order valence-electron chi connectivity index (χ4n) is 1.26. The lowest BCUT2D eigenvalue weighted by Crippen LogP contribution is -2.21. The van der Waals surface area contributed by atoms with Crippen molar-refractivity contribution in [3.8, 4) is 0 Å². The van der Waals surface area contributed by atoms with E-state index in [0.717, 1.165) is 25.1 Å². The first kappa shape index (κ1) is 10.4. The smallest absolute Gasteiger partial charge is 0.421 e. The SMILES string of the molecule is COC(=O)n1c(=O)sc2cc(Br)ccc21. The van der Waals surface area contributed by atoms with Gasteiger partial charge in [0.25, 0.3) is 0 Å². The number of aromatic nitrogens is 1. The average Bonchev–Trinajstić information content (AvgIpc) is 2.52. The van der Waals surface area contributed by atoms with Crippen LogP contribution in [-0.2, 0) is 4.74 Å². The third-order valence-electron chi connectivity index (χ3n) is 1.90. The fourth-order valence-corrected chi connectivity index (χ4v) is 2.67. The summed E-state index contributed by atoms with van der Waals surface area (Å²) in [4.78, 5) is 22.5. The van der Waals surface area contributed by atoms with Crippen molar-refractivity contribution in [2.45, 2.75) is 0 Å². The summed E-state index contributed by atoms with van der Waals surface area (Å²) in [5.41, 5.74) is 0.569. The first-order valence-electron chi connectivity index (χ1n) is 4.03. The standard InChI is InChI=1S/C9H6BrNO3S/c1-14-8(12)11-6-3-2-5(10)4-7(6)15-9(11)13/h2-4H,1H3. The molecule has 1 aromatic heterocycles. The van der Waals surface area contributed by atoms with Crippen LogP contribution in [0.15, 0.2) is 27.5 Å². The summed E-state index contributed by atoms with van der Waals surface area (Å²) in [6.45, 7) is 0. The van der Waals surface area contributed by atoms with Crippen LogP contribution in [0.25, 0.3) is 10.2 Å². The van der Waals surface area contributed by atoms with Crippen molar-refractivity contribution in [1.82, 2.24) is 4.57 Å². The molecule has 0 aliphatic carbocycles. The first-order chi connectivity index (χ1) is 7.13. The van der Waals surface area contributed by atoms with Crippen molar-refractivity contribution >= 4 is 43.6 Å². The number of hydrogen-bond acceptors (Lipinski definition) is 4. The summed E-state index contributed by atoms with van der Waals surface area (Å²) in [6, 6.07) is 5.27. The summed E-state index contributed by atoms with van der Waals surface area (Å²) < 4.78 is 7.17. The molecule has 0 saturated heterocycles. The van der Waals surface area contributed by atoms with Crippen LogP contribution in [0.1, 0.15) is 0 Å². The van der Waals surface area contributed by atoms with E-state index in [0.29, 0.717) is 5.52 Å². The molecule has 2 aromatic rings. The second kappa shape index (κ2) is 3.79. The van der Waals surface area contributed by atoms with Crippen LogP contribution in [0.5, 0.6) is 0 Å². The van der Waals surface area contributed by atoms with E-state index in [4.69, 9.17) is 0 Å². The number of benzene rings is 1. The number of thiazole rings is 1. The second-order valence-electron chi connectivity index (χ2n) is 2.79. The number of hydrogen-bond donors (Lipinski definition) is 0. The number of methoxy groups -OCH3 is 1. The third-order valence-corrected chi connectivity index (χ3v) is 3.30. The van der Waals surface area contributed by atoms with Crippen LogP contribution in [0.3, 0.4) is 0 Å². The highest BCUT2D eigenvalue weighted by molar-refractivity contribution is 9.10. The molecule has 4 nitrogen and oxygen atoms in total. The van der Waals surface area contributed by atoms with E-state index in [1.54, 1.807) is 18.2 Å². The number of halogens is 1. The largest absolute Gasteiger partial charge is 0.452 e. The van der Waals surface area contributed by atoms with Gasteiger partial charge in [0, 0.05) is 4.47 Å². The fraction of sp³-hybridized carbons (Fsp3) is 0.111. The van der Waals surface area contributed by atoms with Gasteiger partial charge >= 0.3 is 11.0 Å². The number of carbonyl (C=O) groups is 1. The van der Waals surface area contributed by atoms with E-state index in [2.05, 4.69) is 20.7 Å². The van der Waals surface area contributed by atoms with Crippen molar-refractivity contribution in [2.24, 2.45) is 0 Å². The molecule has 0 atom stereocenters. The molecule has 1 aromatic carbocycles. The molecule has 0 N–H and O–H groups in total. The quantitative estimate of drug-likeness (QED) is 0.748. The maximum Gasteiger partial charge on any atom is 0.421 e. The Morgan fingerprint density at radius 2 is 2.27 bits per heavy atom. The summed E-state index contributed by atoms with van der Waals surface area (Å²) in [7, 11) is 1.25. The predicted octanol–water partition coefficient (Wildman–Crippen LogP) is 2.44. The number of rotatable bonds is 0. The molecule has 0 amide bonds. The second-order valence-corrected chi connectivity index (χ2v) is 4.69. The maximum absolute atomic E-state index is 11.5. The molecule has 15 heavy (non-hydrogen) atoms. The van der Waals surface area contributed by atoms with Gasteiger partial charge in [-0.1, -0.05) is 27.3 Å². The van der Waals surface area contributed by atoms with E-state index >= 15 is 0 Å². The van der Waals surface area contributed by atoms with Crippen LogP contribution >= 0.6 is 27.3 Å². The molecule has 2 rings (SSSR count). The Labute approximate surface area is 97.2 Å². The summed E-state index contributed by atoms with van der Waals surface area (Å²) in [5.74, 6) is 0. The van der Waals surface area contributed by atoms with Gasteiger partial charge < -0.3 is 4.74 Å². The molecule has 0 bridgehead atoms. The Kier molecular flexibility index (Phi) is 2.62. The Morgan fingerprint density at radius 1 is 1.53 bits per heavy atom. The van der Waals surface area contributed by atoms with Gasteiger partial charge in [0.1, 0.15) is 0 Å². The van der Waals surface area contributed by atoms with E-state index in [-0.39, 0.29) is 4.87 Å². The minimum atomic E-state index is -0.659. The van der Waals surface area contributed by atoms with Crippen molar-refractivity contribution in [3.05, 3.63) is 32.3 Å². The molecule has 0 fully saturated rings. The molecule has 78 valence electrons. The Bertz CT molecular complexity index is 587. The van der Waals surface area contributed by atoms with E-state index < -0.39 is 6.09 Å². The third kappa shape index (κ3) is 1.70. The molecule has 0 aliphatic rings. The zero-order valence-corrected chi connectivity index (χ0v) is 10.1. The minimum Gasteiger partial charge on any atom is -0.452 e. The van der Waals surface area contributed by atoms with Gasteiger partial charge in [0.2, 0.25) is 0 Å². The molecular weight excluding hydrogens is 282 g/mol. The monoisotopic (exact) mass is 287 g/mol. The van der Waals surface area contributed by atoms with E-state index in [1.807, 2.05) is 0 Å². The van der Waals surface area contributed by atoms with Crippen molar-refractivity contribution in [3.63, 3.8) is 0 Å². The number of nitrogens with zero attached hydrogens (tertiary/aromatic N) is 1. The van der Waals surface area contributed by atoms with Gasteiger partial charge in [-0.05, 0) is 18.2 Å². The molecule has 0 saturated carbocycles. The van der Waals surface area contributed by atoms with E-state index in [1.165, 1.54) is 7.11 Å². The molecule has 0 aliphatic heterocycles. The number of fused-ring (bicyclic) bond motifs is 1. The predicted molar refractivity (Wildman–Crippen MR) is 61.6 cm³/mol. The molecule has 0 spiro atoms. The highest BCUT2D eigenvalue weighted by Gasteiger charge is 2.14. The summed E-state index contributed by atoms with van der Waals surface area (Å²) >= 11 is 4.31. The highest BCUT2D eigenvalue weighted by atomic mass is 79.9. The van der Waals surface area contributed by atoms with Crippen molar-refractivity contribution in [2.75, 3.05) is 7.11 Å². The lowest BCUT2D eigenvalue weighted by atomic mass is 10.3. The average molecular weight is 288 g/mol. The summed E-state index contributed by atoms with van der Waals surface area (Å²) in [5, 5.41) is 0. The molecule has 0 radical (unpaired) electrons. The maximum atomic E-state index is 11.5. The first-order valence-corrected chi connectivity index (χ1v) is 5.64. The summed E-state index contributed by atoms with van der Waals surface area (Å²) in [6.07, 6.45) is -0.659. The minimum absolute atomic E-state index is 0.338. The Hall–Kier alpha value is -1.14. The van der Waals surface area contributed by atoms with E-state index in [9.17, 15) is 9.59 Å². The highest BCUT2D eigenvalue weighted by Crippen LogP contribution is 2.21. The zero-order valence-electron chi connectivity index (χ0n) is 7.69. The van der Waals surface area contributed by atoms with Crippen LogP contribution in [0.2, 0.25) is 0 Å². The van der Waals surface area contributed by atoms with Gasteiger partial charge in [0.15, 0.2) is 0 Å². The van der Waals surface area contributed by atoms with Crippen molar-refractivity contribution in [1.29, 1.82) is 0 Å². The molecule has 1 heterocycles. The Balaban J connectivity index is 2.80. The molecular formula is C9H6BrNO3S. The van der Waals surface area contributed by atoms with Crippen LogP contribution in [-0.4, -0.2) is 17.8 Å². The van der Waals surface area contributed by atoms with Crippen LogP contribution in [0.4, 0.5) is 4.79 Å².